The molecule has 3 aliphatic heterocycles. The number of fused-ring (bicyclic) bond motifs is 6. The zero-order chi connectivity index (χ0) is 17.3. The van der Waals surface area contributed by atoms with Gasteiger partial charge in [-0.2, -0.15) is 0 Å². The minimum Gasteiger partial charge on any atom is -0.493 e. The lowest BCUT2D eigenvalue weighted by atomic mass is 9.76. The number of halogens is 2. The van der Waals surface area contributed by atoms with Crippen LogP contribution in [0.4, 0.5) is 14.5 Å². The first-order chi connectivity index (χ1) is 12.0. The van der Waals surface area contributed by atoms with Crippen LogP contribution in [-0.2, 0) is 0 Å². The largest absolute Gasteiger partial charge is 0.493 e. The predicted octanol–water partition coefficient (Wildman–Crippen LogP) is 4.78. The van der Waals surface area contributed by atoms with E-state index in [2.05, 4.69) is 13.8 Å². The highest BCUT2D eigenvalue weighted by Crippen LogP contribution is 2.55. The SMILES string of the molecule is CC1(C)[C@H]2COc3ccccc3[C@@H]2N=C2Sc3cc(F)cc(F)c3N21. The Kier molecular flexibility index (Phi) is 3.02. The molecule has 3 aliphatic rings. The van der Waals surface area contributed by atoms with Crippen LogP contribution in [0.3, 0.4) is 0 Å². The van der Waals surface area contributed by atoms with Gasteiger partial charge >= 0.3 is 0 Å². The van der Waals surface area contributed by atoms with Gasteiger partial charge in [0.05, 0.1) is 23.9 Å². The fourth-order valence-corrected chi connectivity index (χ4v) is 5.31. The van der Waals surface area contributed by atoms with E-state index < -0.39 is 17.2 Å². The number of aliphatic imine (C=N–C) groups is 1. The third kappa shape index (κ3) is 2.00. The maximum absolute atomic E-state index is 14.5. The van der Waals surface area contributed by atoms with E-state index in [1.165, 1.54) is 17.8 Å². The van der Waals surface area contributed by atoms with Crippen LogP contribution >= 0.6 is 11.8 Å². The average Bonchev–Trinajstić information content (AvgIpc) is 2.94. The third-order valence-electron chi connectivity index (χ3n) is 5.38. The Bertz CT molecular complexity index is 928. The first kappa shape index (κ1) is 15.2. The van der Waals surface area contributed by atoms with Crippen molar-refractivity contribution in [2.24, 2.45) is 10.9 Å². The lowest BCUT2D eigenvalue weighted by Crippen LogP contribution is -2.58. The summed E-state index contributed by atoms with van der Waals surface area (Å²) in [5.74, 6) is -0.179. The van der Waals surface area contributed by atoms with Crippen LogP contribution in [0, 0.1) is 17.6 Å². The van der Waals surface area contributed by atoms with Gasteiger partial charge in [0, 0.05) is 22.4 Å². The Balaban J connectivity index is 1.70. The summed E-state index contributed by atoms with van der Waals surface area (Å²) >= 11 is 1.34. The summed E-state index contributed by atoms with van der Waals surface area (Å²) in [5, 5.41) is 0.724. The van der Waals surface area contributed by atoms with Gasteiger partial charge in [0.15, 0.2) is 11.0 Å². The molecule has 0 bridgehead atoms. The number of benzene rings is 2. The Morgan fingerprint density at radius 2 is 2.04 bits per heavy atom. The normalized spacial score (nSPS) is 25.3. The highest BCUT2D eigenvalue weighted by atomic mass is 32.2. The van der Waals surface area contributed by atoms with E-state index in [9.17, 15) is 8.78 Å². The highest BCUT2D eigenvalue weighted by molar-refractivity contribution is 8.14. The van der Waals surface area contributed by atoms with Gasteiger partial charge in [-0.3, -0.25) is 4.99 Å². The van der Waals surface area contributed by atoms with Crippen molar-refractivity contribution < 1.29 is 13.5 Å². The van der Waals surface area contributed by atoms with E-state index >= 15 is 0 Å². The van der Waals surface area contributed by atoms with Gasteiger partial charge in [0.2, 0.25) is 0 Å². The predicted molar refractivity (Wildman–Crippen MR) is 94.4 cm³/mol. The lowest BCUT2D eigenvalue weighted by molar-refractivity contribution is 0.133. The first-order valence-corrected chi connectivity index (χ1v) is 9.05. The summed E-state index contributed by atoms with van der Waals surface area (Å²) in [5.41, 5.74) is 1.07. The monoisotopic (exact) mass is 358 g/mol. The van der Waals surface area contributed by atoms with Crippen molar-refractivity contribution in [1.29, 1.82) is 0 Å². The molecule has 0 aliphatic carbocycles. The summed E-state index contributed by atoms with van der Waals surface area (Å²) in [6.45, 7) is 4.68. The van der Waals surface area contributed by atoms with Crippen LogP contribution in [0.25, 0.3) is 0 Å². The maximum atomic E-state index is 14.5. The minimum absolute atomic E-state index is 0.0408. The topological polar surface area (TPSA) is 24.8 Å². The highest BCUT2D eigenvalue weighted by Gasteiger charge is 2.52. The molecule has 0 saturated heterocycles. The molecule has 3 nitrogen and oxygen atoms in total. The molecule has 128 valence electrons. The summed E-state index contributed by atoms with van der Waals surface area (Å²) < 4.78 is 34.2. The van der Waals surface area contributed by atoms with Gasteiger partial charge in [0.25, 0.3) is 0 Å². The molecule has 0 radical (unpaired) electrons. The van der Waals surface area contributed by atoms with Gasteiger partial charge in [-0.1, -0.05) is 18.2 Å². The molecule has 3 heterocycles. The molecule has 0 unspecified atom stereocenters. The summed E-state index contributed by atoms with van der Waals surface area (Å²) in [6, 6.07) is 10.2. The van der Waals surface area contributed by atoms with Crippen LogP contribution in [0.5, 0.6) is 5.75 Å². The van der Waals surface area contributed by atoms with Crippen molar-refractivity contribution in [3.05, 3.63) is 53.6 Å². The van der Waals surface area contributed by atoms with E-state index in [0.29, 0.717) is 17.2 Å². The molecule has 0 spiro atoms. The number of hydrogen-bond acceptors (Lipinski definition) is 4. The van der Waals surface area contributed by atoms with Crippen molar-refractivity contribution in [1.82, 2.24) is 0 Å². The molecule has 5 rings (SSSR count). The summed E-state index contributed by atoms with van der Waals surface area (Å²) in [6.07, 6.45) is 0. The number of para-hydroxylation sites is 1. The number of hydrogen-bond donors (Lipinski definition) is 0. The van der Waals surface area contributed by atoms with E-state index in [1.807, 2.05) is 29.2 Å². The van der Waals surface area contributed by atoms with Gasteiger partial charge in [-0.05, 0) is 37.7 Å². The smallest absolute Gasteiger partial charge is 0.169 e. The Labute approximate surface area is 148 Å². The fraction of sp³-hybridized carbons (Fsp3) is 0.316. The standard InChI is InChI=1S/C19H16F2N2OS/c1-19(2)12-9-24-14-6-4-3-5-11(14)16(12)22-18-23(19)17-13(21)7-10(20)8-15(17)25-18/h3-8,12,16H,9H2,1-2H3/t12-,16-/m0/s1. The van der Waals surface area contributed by atoms with Crippen molar-refractivity contribution in [2.75, 3.05) is 11.5 Å². The van der Waals surface area contributed by atoms with Crippen LogP contribution in [0.2, 0.25) is 0 Å². The van der Waals surface area contributed by atoms with E-state index in [1.54, 1.807) is 0 Å². The molecule has 6 heteroatoms. The summed E-state index contributed by atoms with van der Waals surface area (Å²) in [7, 11) is 0. The van der Waals surface area contributed by atoms with Gasteiger partial charge < -0.3 is 9.64 Å². The number of rotatable bonds is 0. The van der Waals surface area contributed by atoms with E-state index in [-0.39, 0.29) is 12.0 Å². The van der Waals surface area contributed by atoms with Crippen molar-refractivity contribution in [3.63, 3.8) is 0 Å². The van der Waals surface area contributed by atoms with Gasteiger partial charge in [0.1, 0.15) is 11.6 Å². The zero-order valence-corrected chi connectivity index (χ0v) is 14.6. The number of amidine groups is 1. The molecule has 2 atom stereocenters. The Hall–Kier alpha value is -2.08. The number of ether oxygens (including phenoxy) is 1. The molecule has 2 aromatic carbocycles. The second-order valence-corrected chi connectivity index (χ2v) is 8.15. The fourth-order valence-electron chi connectivity index (χ4n) is 4.07. The Morgan fingerprint density at radius 1 is 1.24 bits per heavy atom. The second-order valence-electron chi connectivity index (χ2n) is 7.14. The number of thioether (sulfide) groups is 1. The maximum Gasteiger partial charge on any atom is 0.169 e. The average molecular weight is 358 g/mol. The van der Waals surface area contributed by atoms with Crippen LogP contribution in [0.15, 0.2) is 46.3 Å². The molecule has 2 aromatic rings. The molecule has 25 heavy (non-hydrogen) atoms. The molecular formula is C19H16F2N2OS. The van der Waals surface area contributed by atoms with Crippen molar-refractivity contribution in [3.8, 4) is 5.75 Å². The third-order valence-corrected chi connectivity index (χ3v) is 6.38. The quantitative estimate of drug-likeness (QED) is 0.678. The second kappa shape index (κ2) is 4.97. The summed E-state index contributed by atoms with van der Waals surface area (Å²) in [4.78, 5) is 7.42. The molecule has 0 saturated carbocycles. The van der Waals surface area contributed by atoms with Gasteiger partial charge in [-0.15, -0.1) is 0 Å². The van der Waals surface area contributed by atoms with Crippen LogP contribution in [-0.4, -0.2) is 17.3 Å². The molecule has 0 N–H and O–H groups in total. The van der Waals surface area contributed by atoms with Crippen molar-refractivity contribution in [2.45, 2.75) is 30.3 Å². The molecule has 0 fully saturated rings. The van der Waals surface area contributed by atoms with Crippen LogP contribution in [0.1, 0.15) is 25.5 Å². The van der Waals surface area contributed by atoms with Crippen LogP contribution < -0.4 is 9.64 Å². The van der Waals surface area contributed by atoms with Gasteiger partial charge in [-0.25, -0.2) is 8.78 Å². The lowest BCUT2D eigenvalue weighted by Gasteiger charge is -2.50. The van der Waals surface area contributed by atoms with E-state index in [4.69, 9.17) is 9.73 Å². The first-order valence-electron chi connectivity index (χ1n) is 8.23. The minimum atomic E-state index is -0.562. The van der Waals surface area contributed by atoms with E-state index in [0.717, 1.165) is 22.5 Å². The molecular weight excluding hydrogens is 342 g/mol. The van der Waals surface area contributed by atoms with Crippen molar-refractivity contribution >= 4 is 22.6 Å². The number of anilines is 1. The zero-order valence-electron chi connectivity index (χ0n) is 13.8. The Morgan fingerprint density at radius 3 is 2.88 bits per heavy atom. The molecule has 0 aromatic heterocycles. The molecule has 0 amide bonds. The number of nitrogens with zero attached hydrogens (tertiary/aromatic N) is 2.